The highest BCUT2D eigenvalue weighted by Gasteiger charge is 2.17. The number of oxime groups is 1. The van der Waals surface area contributed by atoms with Gasteiger partial charge >= 0.3 is 0 Å². The molecule has 0 heterocycles. The SMILES string of the molecule is N/C(=N/O)c1ccc(Oc2cccc(Cl)c2Cl)c(F)c1Br. The van der Waals surface area contributed by atoms with E-state index in [-0.39, 0.29) is 32.4 Å². The minimum Gasteiger partial charge on any atom is -0.453 e. The molecule has 0 aliphatic heterocycles. The summed E-state index contributed by atoms with van der Waals surface area (Å²) in [6.07, 6.45) is 0. The molecule has 21 heavy (non-hydrogen) atoms. The molecule has 4 nitrogen and oxygen atoms in total. The molecular weight excluding hydrogens is 386 g/mol. The molecule has 0 saturated carbocycles. The van der Waals surface area contributed by atoms with Gasteiger partial charge in [0.15, 0.2) is 17.4 Å². The first-order chi connectivity index (χ1) is 9.95. The van der Waals surface area contributed by atoms with Gasteiger partial charge in [0.25, 0.3) is 0 Å². The Bertz CT molecular complexity index is 726. The Labute approximate surface area is 138 Å². The van der Waals surface area contributed by atoms with Crippen LogP contribution in [-0.4, -0.2) is 11.0 Å². The lowest BCUT2D eigenvalue weighted by atomic mass is 10.2. The lowest BCUT2D eigenvalue weighted by molar-refractivity contribution is 0.318. The summed E-state index contributed by atoms with van der Waals surface area (Å²) in [5.74, 6) is -0.810. The van der Waals surface area contributed by atoms with Gasteiger partial charge in [-0.05, 0) is 40.2 Å². The number of hydrogen-bond donors (Lipinski definition) is 2. The van der Waals surface area contributed by atoms with Crippen molar-refractivity contribution in [3.63, 3.8) is 0 Å². The van der Waals surface area contributed by atoms with Gasteiger partial charge in [0.2, 0.25) is 0 Å². The molecule has 0 fully saturated rings. The molecule has 0 radical (unpaired) electrons. The third-order valence-corrected chi connectivity index (χ3v) is 4.14. The Kier molecular flexibility index (Phi) is 4.92. The normalized spacial score (nSPS) is 11.5. The van der Waals surface area contributed by atoms with Crippen molar-refractivity contribution in [3.05, 3.63) is 56.2 Å². The van der Waals surface area contributed by atoms with Crippen LogP contribution >= 0.6 is 39.1 Å². The molecule has 0 amide bonds. The highest BCUT2D eigenvalue weighted by Crippen LogP contribution is 2.37. The van der Waals surface area contributed by atoms with Crippen molar-refractivity contribution in [2.75, 3.05) is 0 Å². The van der Waals surface area contributed by atoms with Crippen molar-refractivity contribution in [2.24, 2.45) is 10.9 Å². The Morgan fingerprint density at radius 3 is 2.62 bits per heavy atom. The summed E-state index contributed by atoms with van der Waals surface area (Å²) < 4.78 is 19.6. The Morgan fingerprint density at radius 2 is 1.95 bits per heavy atom. The molecule has 0 aliphatic carbocycles. The molecule has 0 bridgehead atoms. The molecule has 2 aromatic rings. The summed E-state index contributed by atoms with van der Waals surface area (Å²) in [4.78, 5) is 0. The maximum Gasteiger partial charge on any atom is 0.180 e. The van der Waals surface area contributed by atoms with Gasteiger partial charge in [0.1, 0.15) is 10.8 Å². The van der Waals surface area contributed by atoms with Gasteiger partial charge in [-0.25, -0.2) is 4.39 Å². The Morgan fingerprint density at radius 1 is 1.24 bits per heavy atom. The van der Waals surface area contributed by atoms with E-state index < -0.39 is 5.82 Å². The maximum absolute atomic E-state index is 14.2. The zero-order chi connectivity index (χ0) is 15.6. The molecule has 0 spiro atoms. The molecule has 8 heteroatoms. The van der Waals surface area contributed by atoms with E-state index in [1.165, 1.54) is 12.1 Å². The minimum absolute atomic E-state index is 0.00782. The van der Waals surface area contributed by atoms with Crippen LogP contribution in [0, 0.1) is 5.82 Å². The van der Waals surface area contributed by atoms with E-state index in [2.05, 4.69) is 21.1 Å². The summed E-state index contributed by atoms with van der Waals surface area (Å²) in [5.41, 5.74) is 5.63. The average molecular weight is 394 g/mol. The topological polar surface area (TPSA) is 67.8 Å². The number of halogens is 4. The number of hydrogen-bond acceptors (Lipinski definition) is 3. The van der Waals surface area contributed by atoms with Gasteiger partial charge in [-0.3, -0.25) is 0 Å². The van der Waals surface area contributed by atoms with E-state index >= 15 is 0 Å². The molecule has 0 aliphatic rings. The number of nitrogens with zero attached hydrogens (tertiary/aromatic N) is 1. The standard InChI is InChI=1S/C13H8BrCl2FN2O2/c14-10-6(13(18)19-20)4-5-9(12(10)17)21-8-3-1-2-7(15)11(8)16/h1-5,20H,(H2,18,19). The predicted molar refractivity (Wildman–Crippen MR) is 83.1 cm³/mol. The first kappa shape index (κ1) is 15.9. The van der Waals surface area contributed by atoms with Gasteiger partial charge < -0.3 is 15.7 Å². The van der Waals surface area contributed by atoms with Crippen LogP contribution in [0.1, 0.15) is 5.56 Å². The van der Waals surface area contributed by atoms with Crippen LogP contribution in [0.4, 0.5) is 4.39 Å². The number of benzene rings is 2. The predicted octanol–water partition coefficient (Wildman–Crippen LogP) is 4.78. The molecule has 3 N–H and O–H groups in total. The molecular formula is C13H8BrCl2FN2O2. The molecule has 2 rings (SSSR count). The molecule has 110 valence electrons. The van der Waals surface area contributed by atoms with Gasteiger partial charge in [-0.15, -0.1) is 0 Å². The van der Waals surface area contributed by atoms with Crippen LogP contribution in [0.2, 0.25) is 10.0 Å². The molecule has 0 unspecified atom stereocenters. The van der Waals surface area contributed by atoms with Crippen LogP contribution in [0.15, 0.2) is 40.0 Å². The van der Waals surface area contributed by atoms with Crippen LogP contribution in [0.3, 0.4) is 0 Å². The fraction of sp³-hybridized carbons (Fsp3) is 0. The Balaban J connectivity index is 2.43. The van der Waals surface area contributed by atoms with Crippen LogP contribution in [-0.2, 0) is 0 Å². The largest absolute Gasteiger partial charge is 0.453 e. The van der Waals surface area contributed by atoms with Gasteiger partial charge in [-0.1, -0.05) is 34.4 Å². The van der Waals surface area contributed by atoms with Crippen molar-refractivity contribution in [1.82, 2.24) is 0 Å². The van der Waals surface area contributed by atoms with Gasteiger partial charge in [0.05, 0.1) is 9.50 Å². The second-order valence-corrected chi connectivity index (χ2v) is 5.46. The highest BCUT2D eigenvalue weighted by molar-refractivity contribution is 9.10. The van der Waals surface area contributed by atoms with Crippen molar-refractivity contribution >= 4 is 45.0 Å². The van der Waals surface area contributed by atoms with E-state index in [0.717, 1.165) is 0 Å². The quantitative estimate of drug-likeness (QED) is 0.341. The Hall–Kier alpha value is -1.50. The van der Waals surface area contributed by atoms with Crippen LogP contribution in [0.25, 0.3) is 0 Å². The summed E-state index contributed by atoms with van der Waals surface area (Å²) in [6, 6.07) is 7.55. The van der Waals surface area contributed by atoms with E-state index in [4.69, 9.17) is 38.9 Å². The maximum atomic E-state index is 14.2. The van der Waals surface area contributed by atoms with E-state index in [1.54, 1.807) is 18.2 Å². The van der Waals surface area contributed by atoms with Gasteiger partial charge in [0, 0.05) is 5.56 Å². The smallest absolute Gasteiger partial charge is 0.180 e. The summed E-state index contributed by atoms with van der Waals surface area (Å²) >= 11 is 14.9. The first-order valence-corrected chi connectivity index (χ1v) is 7.08. The van der Waals surface area contributed by atoms with Crippen molar-refractivity contribution in [2.45, 2.75) is 0 Å². The molecule has 0 aromatic heterocycles. The van der Waals surface area contributed by atoms with Crippen LogP contribution in [0.5, 0.6) is 11.5 Å². The molecule has 2 aromatic carbocycles. The number of nitrogens with two attached hydrogens (primary N) is 1. The number of ether oxygens (including phenoxy) is 1. The van der Waals surface area contributed by atoms with E-state index in [9.17, 15) is 4.39 Å². The zero-order valence-corrected chi connectivity index (χ0v) is 13.4. The third kappa shape index (κ3) is 3.23. The van der Waals surface area contributed by atoms with E-state index in [1.807, 2.05) is 0 Å². The number of rotatable bonds is 3. The highest BCUT2D eigenvalue weighted by atomic mass is 79.9. The first-order valence-electron chi connectivity index (χ1n) is 5.53. The van der Waals surface area contributed by atoms with Crippen molar-refractivity contribution in [3.8, 4) is 11.5 Å². The average Bonchev–Trinajstić information content (AvgIpc) is 2.48. The summed E-state index contributed by atoms with van der Waals surface area (Å²) in [5, 5.41) is 11.9. The van der Waals surface area contributed by atoms with Crippen LogP contribution < -0.4 is 10.5 Å². The second-order valence-electron chi connectivity index (χ2n) is 3.88. The lowest BCUT2D eigenvalue weighted by Crippen LogP contribution is -2.14. The van der Waals surface area contributed by atoms with Crippen molar-refractivity contribution < 1.29 is 14.3 Å². The molecule has 0 atom stereocenters. The fourth-order valence-corrected chi connectivity index (χ4v) is 2.40. The van der Waals surface area contributed by atoms with Crippen molar-refractivity contribution in [1.29, 1.82) is 0 Å². The lowest BCUT2D eigenvalue weighted by Gasteiger charge is -2.11. The monoisotopic (exact) mass is 392 g/mol. The summed E-state index contributed by atoms with van der Waals surface area (Å²) in [7, 11) is 0. The second kappa shape index (κ2) is 6.51. The van der Waals surface area contributed by atoms with Gasteiger partial charge in [-0.2, -0.15) is 0 Å². The molecule has 0 saturated heterocycles. The number of amidine groups is 1. The van der Waals surface area contributed by atoms with E-state index in [0.29, 0.717) is 5.02 Å². The fourth-order valence-electron chi connectivity index (χ4n) is 1.54. The minimum atomic E-state index is -0.713. The third-order valence-electron chi connectivity index (χ3n) is 2.57. The zero-order valence-electron chi connectivity index (χ0n) is 10.3. The summed E-state index contributed by atoms with van der Waals surface area (Å²) in [6.45, 7) is 0.